The van der Waals surface area contributed by atoms with Crippen molar-refractivity contribution < 1.29 is 9.50 Å². The Morgan fingerprint density at radius 3 is 2.33 bits per heavy atom. The van der Waals surface area contributed by atoms with Crippen molar-refractivity contribution in [1.82, 2.24) is 5.32 Å². The zero-order chi connectivity index (χ0) is 17.2. The molecule has 1 fully saturated rings. The van der Waals surface area contributed by atoms with Crippen molar-refractivity contribution in [2.75, 3.05) is 0 Å². The maximum absolute atomic E-state index is 14.3. The lowest BCUT2D eigenvalue weighted by molar-refractivity contribution is -0.00392. The van der Waals surface area contributed by atoms with Gasteiger partial charge in [0, 0.05) is 12.1 Å². The molecule has 2 N–H and O–H groups in total. The van der Waals surface area contributed by atoms with Crippen molar-refractivity contribution in [1.29, 1.82) is 0 Å². The summed E-state index contributed by atoms with van der Waals surface area (Å²) in [5.74, 6) is 0.393. The van der Waals surface area contributed by atoms with Crippen LogP contribution in [0, 0.1) is 11.7 Å². The van der Waals surface area contributed by atoms with E-state index in [0.29, 0.717) is 30.9 Å². The summed E-state index contributed by atoms with van der Waals surface area (Å²) in [6.45, 7) is 5.12. The van der Waals surface area contributed by atoms with Crippen LogP contribution in [-0.4, -0.2) is 11.2 Å². The molecule has 3 rings (SSSR count). The van der Waals surface area contributed by atoms with Gasteiger partial charge < -0.3 is 10.4 Å². The zero-order valence-corrected chi connectivity index (χ0v) is 14.4. The minimum atomic E-state index is -0.463. The second-order valence-electron chi connectivity index (χ2n) is 7.34. The Bertz CT molecular complexity index is 692. The van der Waals surface area contributed by atoms with Gasteiger partial charge in [-0.1, -0.05) is 56.3 Å². The van der Waals surface area contributed by atoms with E-state index in [9.17, 15) is 9.50 Å². The molecule has 0 unspecified atom stereocenters. The lowest BCUT2D eigenvalue weighted by Crippen LogP contribution is -2.55. The molecule has 1 saturated carbocycles. The third-order valence-corrected chi connectivity index (χ3v) is 4.92. The summed E-state index contributed by atoms with van der Waals surface area (Å²) in [7, 11) is 0. The van der Waals surface area contributed by atoms with E-state index in [2.05, 4.69) is 37.4 Å². The number of nitrogens with one attached hydrogen (secondary N) is 1. The largest absolute Gasteiger partial charge is 0.393 e. The van der Waals surface area contributed by atoms with Crippen molar-refractivity contribution in [2.45, 2.75) is 51.3 Å². The fraction of sp³-hybridized carbons (Fsp3) is 0.429. The van der Waals surface area contributed by atoms with Crippen LogP contribution in [0.2, 0.25) is 0 Å². The van der Waals surface area contributed by atoms with Crippen LogP contribution in [0.25, 0.3) is 0 Å². The Hall–Kier alpha value is -1.71. The maximum atomic E-state index is 14.3. The molecule has 1 aliphatic rings. The molecular formula is C21H26FNO. The molecule has 0 aliphatic heterocycles. The molecule has 0 radical (unpaired) electrons. The van der Waals surface area contributed by atoms with Crippen LogP contribution in [0.15, 0.2) is 48.5 Å². The van der Waals surface area contributed by atoms with Gasteiger partial charge in [0.1, 0.15) is 5.82 Å². The first-order chi connectivity index (χ1) is 11.5. The number of hydrogen-bond acceptors (Lipinski definition) is 2. The summed E-state index contributed by atoms with van der Waals surface area (Å²) in [6, 6.07) is 15.3. The summed E-state index contributed by atoms with van der Waals surface area (Å²) in [5.41, 5.74) is 2.79. The molecule has 2 aromatic rings. The second kappa shape index (κ2) is 7.04. The Morgan fingerprint density at radius 2 is 1.71 bits per heavy atom. The molecule has 0 bridgehead atoms. The standard InChI is InChI=1S/C21H26FNO/c1-15(2)11-16-7-3-4-8-17(16)14-23-21(12-18(24)13-21)19-9-5-6-10-20(19)22/h3-10,15,18,23-24H,11-14H2,1-2H3. The molecule has 24 heavy (non-hydrogen) atoms. The van der Waals surface area contributed by atoms with E-state index in [1.807, 2.05) is 18.2 Å². The lowest BCUT2D eigenvalue weighted by atomic mass is 9.69. The van der Waals surface area contributed by atoms with E-state index in [0.717, 1.165) is 6.42 Å². The minimum Gasteiger partial charge on any atom is -0.393 e. The average molecular weight is 327 g/mol. The molecule has 0 heterocycles. The fourth-order valence-corrected chi connectivity index (χ4v) is 3.69. The Kier molecular flexibility index (Phi) is 5.02. The SMILES string of the molecule is CC(C)Cc1ccccc1CNC1(c2ccccc2F)CC(O)C1. The van der Waals surface area contributed by atoms with Gasteiger partial charge in [-0.05, 0) is 42.4 Å². The van der Waals surface area contributed by atoms with Crippen LogP contribution in [0.1, 0.15) is 43.4 Å². The predicted octanol–water partition coefficient (Wildman–Crippen LogP) is 4.16. The molecule has 0 saturated heterocycles. The number of rotatable bonds is 6. The van der Waals surface area contributed by atoms with E-state index in [-0.39, 0.29) is 11.9 Å². The van der Waals surface area contributed by atoms with Crippen LogP contribution in [0.3, 0.4) is 0 Å². The molecule has 0 amide bonds. The normalized spacial score (nSPS) is 23.3. The minimum absolute atomic E-state index is 0.202. The van der Waals surface area contributed by atoms with E-state index in [1.165, 1.54) is 17.2 Å². The van der Waals surface area contributed by atoms with Crippen LogP contribution in [0.5, 0.6) is 0 Å². The van der Waals surface area contributed by atoms with Crippen molar-refractivity contribution in [3.63, 3.8) is 0 Å². The summed E-state index contributed by atoms with van der Waals surface area (Å²) < 4.78 is 14.3. The van der Waals surface area contributed by atoms with Crippen molar-refractivity contribution in [3.8, 4) is 0 Å². The van der Waals surface area contributed by atoms with E-state index in [1.54, 1.807) is 6.07 Å². The van der Waals surface area contributed by atoms with Crippen LogP contribution in [-0.2, 0) is 18.5 Å². The van der Waals surface area contributed by atoms with Gasteiger partial charge in [0.2, 0.25) is 0 Å². The molecule has 2 nitrogen and oxygen atoms in total. The van der Waals surface area contributed by atoms with Crippen LogP contribution >= 0.6 is 0 Å². The fourth-order valence-electron chi connectivity index (χ4n) is 3.69. The van der Waals surface area contributed by atoms with Gasteiger partial charge in [-0.25, -0.2) is 4.39 Å². The van der Waals surface area contributed by atoms with Gasteiger partial charge in [-0.3, -0.25) is 0 Å². The third-order valence-electron chi connectivity index (χ3n) is 4.92. The number of benzene rings is 2. The third kappa shape index (κ3) is 3.52. The molecule has 2 aromatic carbocycles. The quantitative estimate of drug-likeness (QED) is 0.835. The first kappa shape index (κ1) is 17.1. The number of hydrogen-bond donors (Lipinski definition) is 2. The van der Waals surface area contributed by atoms with E-state index >= 15 is 0 Å². The van der Waals surface area contributed by atoms with Gasteiger partial charge in [-0.15, -0.1) is 0 Å². The number of halogens is 1. The number of aliphatic hydroxyl groups is 1. The van der Waals surface area contributed by atoms with E-state index < -0.39 is 5.54 Å². The first-order valence-electron chi connectivity index (χ1n) is 8.75. The van der Waals surface area contributed by atoms with Gasteiger partial charge in [0.05, 0.1) is 11.6 Å². The first-order valence-corrected chi connectivity index (χ1v) is 8.75. The van der Waals surface area contributed by atoms with Crippen LogP contribution < -0.4 is 5.32 Å². The average Bonchev–Trinajstić information content (AvgIpc) is 2.52. The molecule has 0 aromatic heterocycles. The van der Waals surface area contributed by atoms with E-state index in [4.69, 9.17) is 0 Å². The van der Waals surface area contributed by atoms with Crippen molar-refractivity contribution in [2.24, 2.45) is 5.92 Å². The highest BCUT2D eigenvalue weighted by molar-refractivity contribution is 5.32. The van der Waals surface area contributed by atoms with Gasteiger partial charge in [0.15, 0.2) is 0 Å². The second-order valence-corrected chi connectivity index (χ2v) is 7.34. The topological polar surface area (TPSA) is 32.3 Å². The highest BCUT2D eigenvalue weighted by atomic mass is 19.1. The molecule has 1 aliphatic carbocycles. The molecule has 3 heteroatoms. The van der Waals surface area contributed by atoms with Gasteiger partial charge in [-0.2, -0.15) is 0 Å². The maximum Gasteiger partial charge on any atom is 0.128 e. The van der Waals surface area contributed by atoms with Gasteiger partial charge in [0.25, 0.3) is 0 Å². The Labute approximate surface area is 143 Å². The Balaban J connectivity index is 1.80. The van der Waals surface area contributed by atoms with Gasteiger partial charge >= 0.3 is 0 Å². The summed E-state index contributed by atoms with van der Waals surface area (Å²) in [4.78, 5) is 0. The van der Waals surface area contributed by atoms with Crippen LogP contribution in [0.4, 0.5) is 4.39 Å². The highest BCUT2D eigenvalue weighted by Gasteiger charge is 2.45. The monoisotopic (exact) mass is 327 g/mol. The molecule has 128 valence electrons. The molecule has 0 spiro atoms. The van der Waals surface area contributed by atoms with Crippen molar-refractivity contribution in [3.05, 3.63) is 71.0 Å². The molecule has 0 atom stereocenters. The van der Waals surface area contributed by atoms with Crippen molar-refractivity contribution >= 4 is 0 Å². The smallest absolute Gasteiger partial charge is 0.128 e. The number of aliphatic hydroxyl groups excluding tert-OH is 1. The Morgan fingerprint density at radius 1 is 1.08 bits per heavy atom. The lowest BCUT2D eigenvalue weighted by Gasteiger charge is -2.47. The zero-order valence-electron chi connectivity index (χ0n) is 14.4. The molecular weight excluding hydrogens is 301 g/mol. The summed E-state index contributed by atoms with van der Waals surface area (Å²) in [5, 5.41) is 13.4. The summed E-state index contributed by atoms with van der Waals surface area (Å²) in [6.07, 6.45) is 1.79. The predicted molar refractivity (Wildman–Crippen MR) is 95.1 cm³/mol. The summed E-state index contributed by atoms with van der Waals surface area (Å²) >= 11 is 0. The highest BCUT2D eigenvalue weighted by Crippen LogP contribution is 2.42.